The fourth-order valence-electron chi connectivity index (χ4n) is 5.81. The number of rotatable bonds is 18. The van der Waals surface area contributed by atoms with Crippen LogP contribution in [0, 0.1) is 0 Å². The number of benzene rings is 2. The number of aromatic nitrogens is 3. The van der Waals surface area contributed by atoms with Gasteiger partial charge in [-0.25, -0.2) is 9.78 Å². The van der Waals surface area contributed by atoms with E-state index in [9.17, 15) is 22.8 Å². The molecule has 0 aliphatic carbocycles. The van der Waals surface area contributed by atoms with Gasteiger partial charge in [-0.2, -0.15) is 18.2 Å². The third-order valence-electron chi connectivity index (χ3n) is 8.69. The van der Waals surface area contributed by atoms with E-state index in [2.05, 4.69) is 30.2 Å². The molecule has 2 aromatic heterocycles. The molecule has 5 rings (SSSR count). The van der Waals surface area contributed by atoms with Crippen LogP contribution in [0.15, 0.2) is 64.5 Å². The van der Waals surface area contributed by atoms with Gasteiger partial charge in [0, 0.05) is 47.1 Å². The largest absolute Gasteiger partial charge is 0.471 e. The fourth-order valence-corrected chi connectivity index (χ4v) is 6.90. The number of nitrogens with zero attached hydrogens (tertiary/aromatic N) is 4. The van der Waals surface area contributed by atoms with Crippen LogP contribution in [0.2, 0.25) is 0 Å². The number of ether oxygens (including phenoxy) is 4. The van der Waals surface area contributed by atoms with Crippen molar-refractivity contribution in [3.8, 4) is 22.6 Å². The van der Waals surface area contributed by atoms with Crippen molar-refractivity contribution in [1.82, 2.24) is 30.7 Å². The SMILES string of the molecule is CC(C)(C)OC(=O)NCCOCCOCCOCCN1CCC(CNC(=O)c2cccc(-c3noc(C(F)(F)F)n3)c2)(c2nc(-c3ccccc3)cs2)CC1. The van der Waals surface area contributed by atoms with Gasteiger partial charge in [0.25, 0.3) is 5.91 Å². The maximum absolute atomic E-state index is 13.5. The summed E-state index contributed by atoms with van der Waals surface area (Å²) < 4.78 is 65.5. The molecule has 2 aromatic carbocycles. The molecule has 0 unspecified atom stereocenters. The van der Waals surface area contributed by atoms with Crippen LogP contribution in [0.1, 0.15) is 54.9 Å². The molecule has 1 saturated heterocycles. The lowest BCUT2D eigenvalue weighted by molar-refractivity contribution is -0.159. The second-order valence-corrected chi connectivity index (χ2v) is 14.8. The molecular weight excluding hydrogens is 742 g/mol. The number of alkyl halides is 3. The van der Waals surface area contributed by atoms with Crippen molar-refractivity contribution in [2.24, 2.45) is 0 Å². The minimum atomic E-state index is -4.77. The van der Waals surface area contributed by atoms with Crippen molar-refractivity contribution in [2.45, 2.75) is 50.8 Å². The molecule has 0 saturated carbocycles. The third kappa shape index (κ3) is 12.8. The molecule has 0 radical (unpaired) electrons. The number of likely N-dealkylation sites (tertiary alicyclic amines) is 1. The number of piperidine rings is 1. The Labute approximate surface area is 321 Å². The number of thiazole rings is 1. The van der Waals surface area contributed by atoms with Crippen molar-refractivity contribution in [2.75, 3.05) is 72.4 Å². The standard InChI is InChI=1S/C38H47F3N6O7S/c1-36(2,3)53-35(49)42-14-18-50-20-22-52-23-21-51-19-17-47-15-12-37(13-16-47,34-44-30(25-55-34)27-8-5-4-6-9-27)26-43-32(48)29-11-7-10-28(24-29)31-45-33(54-46-31)38(39,40)41/h4-11,24-25H,12-23,26H2,1-3H3,(H,42,49)(H,43,48). The molecule has 298 valence electrons. The van der Waals surface area contributed by atoms with Gasteiger partial charge in [-0.3, -0.25) is 4.79 Å². The summed E-state index contributed by atoms with van der Waals surface area (Å²) in [6.07, 6.45) is -3.76. The van der Waals surface area contributed by atoms with Crippen molar-refractivity contribution in [3.63, 3.8) is 0 Å². The van der Waals surface area contributed by atoms with Crippen LogP contribution in [-0.2, 0) is 30.5 Å². The molecule has 13 nitrogen and oxygen atoms in total. The van der Waals surface area contributed by atoms with Gasteiger partial charge in [0.1, 0.15) is 10.6 Å². The summed E-state index contributed by atoms with van der Waals surface area (Å²) in [5.41, 5.74) is 1.39. The minimum absolute atomic E-state index is 0.228. The summed E-state index contributed by atoms with van der Waals surface area (Å²) in [6.45, 7) is 10.9. The molecule has 2 N–H and O–H groups in total. The number of hydrogen-bond acceptors (Lipinski definition) is 12. The molecule has 0 spiro atoms. The van der Waals surface area contributed by atoms with E-state index in [-0.39, 0.29) is 22.9 Å². The number of alkyl carbamates (subject to hydrolysis) is 1. The summed E-state index contributed by atoms with van der Waals surface area (Å²) >= 11 is 1.57. The maximum Gasteiger partial charge on any atom is 0.471 e. The van der Waals surface area contributed by atoms with Crippen LogP contribution in [0.4, 0.5) is 18.0 Å². The quantitative estimate of drug-likeness (QED) is 0.111. The molecule has 4 aromatic rings. The Kier molecular flexibility index (Phi) is 14.8. The van der Waals surface area contributed by atoms with Gasteiger partial charge in [0.2, 0.25) is 5.82 Å². The minimum Gasteiger partial charge on any atom is -0.444 e. The van der Waals surface area contributed by atoms with Crippen LogP contribution in [0.25, 0.3) is 22.6 Å². The zero-order valence-corrected chi connectivity index (χ0v) is 32.0. The van der Waals surface area contributed by atoms with Crippen LogP contribution in [0.3, 0.4) is 0 Å². The molecule has 1 aliphatic heterocycles. The highest BCUT2D eigenvalue weighted by Gasteiger charge is 2.40. The van der Waals surface area contributed by atoms with E-state index in [1.165, 1.54) is 12.1 Å². The number of amides is 2. The lowest BCUT2D eigenvalue weighted by atomic mass is 9.78. The molecule has 1 fully saturated rings. The normalized spacial score (nSPS) is 14.8. The molecular formula is C38H47F3N6O7S. The number of nitrogens with one attached hydrogen (secondary N) is 2. The Balaban J connectivity index is 1.08. The van der Waals surface area contributed by atoms with E-state index in [1.54, 1.807) is 44.2 Å². The lowest BCUT2D eigenvalue weighted by Crippen LogP contribution is -2.49. The molecule has 0 bridgehead atoms. The van der Waals surface area contributed by atoms with Gasteiger partial charge in [0.05, 0.1) is 45.3 Å². The predicted octanol–water partition coefficient (Wildman–Crippen LogP) is 6.22. The van der Waals surface area contributed by atoms with E-state index in [4.69, 9.17) is 23.9 Å². The topological polar surface area (TPSA) is 150 Å². The summed E-state index contributed by atoms with van der Waals surface area (Å²) in [5.74, 6) is -2.09. The van der Waals surface area contributed by atoms with Crippen LogP contribution < -0.4 is 10.6 Å². The van der Waals surface area contributed by atoms with Crippen molar-refractivity contribution in [1.29, 1.82) is 0 Å². The van der Waals surface area contributed by atoms with Gasteiger partial charge < -0.3 is 39.0 Å². The molecule has 2 amide bonds. The zero-order valence-electron chi connectivity index (χ0n) is 31.2. The highest BCUT2D eigenvalue weighted by atomic mass is 32.1. The van der Waals surface area contributed by atoms with Crippen molar-refractivity contribution in [3.05, 3.63) is 76.4 Å². The van der Waals surface area contributed by atoms with Crippen LogP contribution in [0.5, 0.6) is 0 Å². The van der Waals surface area contributed by atoms with Gasteiger partial charge in [-0.05, 0) is 58.8 Å². The van der Waals surface area contributed by atoms with Crippen molar-refractivity contribution < 1.29 is 46.2 Å². The van der Waals surface area contributed by atoms with E-state index in [1.807, 2.05) is 35.7 Å². The summed E-state index contributed by atoms with van der Waals surface area (Å²) in [6, 6.07) is 16.0. The Hall–Kier alpha value is -4.42. The summed E-state index contributed by atoms with van der Waals surface area (Å²) in [5, 5.41) is 12.1. The third-order valence-corrected chi connectivity index (χ3v) is 9.78. The maximum atomic E-state index is 13.5. The van der Waals surface area contributed by atoms with Gasteiger partial charge >= 0.3 is 18.2 Å². The lowest BCUT2D eigenvalue weighted by Gasteiger charge is -2.40. The van der Waals surface area contributed by atoms with Gasteiger partial charge in [-0.15, -0.1) is 11.3 Å². The Morgan fingerprint density at radius 3 is 2.22 bits per heavy atom. The summed E-state index contributed by atoms with van der Waals surface area (Å²) in [7, 11) is 0. The predicted molar refractivity (Wildman–Crippen MR) is 199 cm³/mol. The molecule has 0 atom stereocenters. The van der Waals surface area contributed by atoms with Gasteiger partial charge in [-0.1, -0.05) is 47.6 Å². The highest BCUT2D eigenvalue weighted by Crippen LogP contribution is 2.39. The fraction of sp³-hybridized carbons (Fsp3) is 0.500. The van der Waals surface area contributed by atoms with E-state index in [0.29, 0.717) is 52.7 Å². The number of carbonyl (C=O) groups excluding carboxylic acids is 2. The Morgan fingerprint density at radius 1 is 0.873 bits per heavy atom. The van der Waals surface area contributed by atoms with Crippen LogP contribution >= 0.6 is 11.3 Å². The second-order valence-electron chi connectivity index (χ2n) is 14.0. The summed E-state index contributed by atoms with van der Waals surface area (Å²) in [4.78, 5) is 35.9. The van der Waals surface area contributed by atoms with E-state index in [0.717, 1.165) is 48.7 Å². The monoisotopic (exact) mass is 788 g/mol. The molecule has 55 heavy (non-hydrogen) atoms. The first kappa shape index (κ1) is 41.7. The van der Waals surface area contributed by atoms with E-state index < -0.39 is 29.2 Å². The average Bonchev–Trinajstić information content (AvgIpc) is 3.87. The number of carbonyl (C=O) groups is 2. The smallest absolute Gasteiger partial charge is 0.444 e. The first-order valence-electron chi connectivity index (χ1n) is 18.0. The molecule has 3 heterocycles. The van der Waals surface area contributed by atoms with Gasteiger partial charge in [0.15, 0.2) is 0 Å². The number of halogens is 3. The van der Waals surface area contributed by atoms with Crippen molar-refractivity contribution >= 4 is 23.3 Å². The highest BCUT2D eigenvalue weighted by molar-refractivity contribution is 7.10. The molecule has 17 heteroatoms. The van der Waals surface area contributed by atoms with Crippen LogP contribution in [-0.4, -0.2) is 110 Å². The average molecular weight is 789 g/mol. The first-order valence-corrected chi connectivity index (χ1v) is 18.9. The van der Waals surface area contributed by atoms with E-state index >= 15 is 0 Å². The Bertz CT molecular complexity index is 1810. The zero-order chi connectivity index (χ0) is 39.3. The first-order chi connectivity index (χ1) is 26.3. The Morgan fingerprint density at radius 2 is 1.55 bits per heavy atom. The molecule has 1 aliphatic rings. The second kappa shape index (κ2) is 19.4. The number of hydrogen-bond donors (Lipinski definition) is 2.